The number of nitrogens with zero attached hydrogens (tertiary/aromatic N) is 1. The monoisotopic (exact) mass is 1130 g/mol. The summed E-state index contributed by atoms with van der Waals surface area (Å²) in [6.07, 6.45) is 82.6. The Morgan fingerprint density at radius 3 is 1.09 bits per heavy atom. The first-order chi connectivity index (χ1) is 38.5. The van der Waals surface area contributed by atoms with Crippen molar-refractivity contribution >= 4 is 13.7 Å². The summed E-state index contributed by atoms with van der Waals surface area (Å²) in [5, 5.41) is 14.0. The Hall–Kier alpha value is -1.54. The number of rotatable bonds is 64. The molecule has 0 saturated carbocycles. The van der Waals surface area contributed by atoms with Crippen LogP contribution in [0.5, 0.6) is 0 Å². The normalized spacial score (nSPS) is 14.0. The Morgan fingerprint density at radius 2 is 0.734 bits per heavy atom. The predicted octanol–water partition coefficient (Wildman–Crippen LogP) is 21.8. The van der Waals surface area contributed by atoms with Gasteiger partial charge in [0.25, 0.3) is 0 Å². The van der Waals surface area contributed by atoms with Gasteiger partial charge in [-0.15, -0.1) is 0 Å². The molecule has 0 aliphatic carbocycles. The van der Waals surface area contributed by atoms with E-state index >= 15 is 0 Å². The molecule has 0 heterocycles. The first-order valence-electron chi connectivity index (χ1n) is 34.5. The summed E-state index contributed by atoms with van der Waals surface area (Å²) in [6.45, 7) is 4.84. The lowest BCUT2D eigenvalue weighted by Gasteiger charge is -2.25. The van der Waals surface area contributed by atoms with Crippen molar-refractivity contribution in [1.82, 2.24) is 5.32 Å². The smallest absolute Gasteiger partial charge is 0.387 e. The summed E-state index contributed by atoms with van der Waals surface area (Å²) in [6, 6.07) is -0.865. The molecule has 0 bridgehead atoms. The Morgan fingerprint density at radius 1 is 0.430 bits per heavy atom. The zero-order valence-electron chi connectivity index (χ0n) is 53.4. The number of likely N-dealkylation sites (N-methyl/N-ethyl adjacent to an activating group) is 1. The summed E-state index contributed by atoms with van der Waals surface area (Å²) in [5.41, 5.74) is 0. The van der Waals surface area contributed by atoms with Gasteiger partial charge in [-0.25, -0.2) is 4.57 Å². The standard InChI is InChI=1S/C70H135N2O6P/c1-6-8-10-12-14-16-18-20-22-24-26-28-30-31-32-33-34-35-36-37-38-39-40-41-42-44-46-48-50-52-54-56-58-60-62-64-70(74)71-68(67-78-79(75,76)77-66-65-72(3,4)5)69(73)63-61-59-57-55-53-51-49-47-45-43-29-27-25-23-21-19-17-15-13-11-9-7-2/h30-31,33-34,53,55,61,63,68-69,73H,6-29,32,35-52,54,56-60,62,64-67H2,1-5H3,(H-,71,74,75,76)/p+1/b31-30-,34-33-,55-53+,63-61+. The highest BCUT2D eigenvalue weighted by Crippen LogP contribution is 2.43. The lowest BCUT2D eigenvalue weighted by molar-refractivity contribution is -0.870. The molecule has 0 aromatic carbocycles. The maximum Gasteiger partial charge on any atom is 0.472 e. The lowest BCUT2D eigenvalue weighted by Crippen LogP contribution is -2.45. The van der Waals surface area contributed by atoms with E-state index in [1.54, 1.807) is 6.08 Å². The second-order valence-electron chi connectivity index (χ2n) is 24.9. The summed E-state index contributed by atoms with van der Waals surface area (Å²) in [4.78, 5) is 23.4. The Balaban J connectivity index is 4.05. The number of nitrogens with one attached hydrogen (secondary N) is 1. The van der Waals surface area contributed by atoms with Crippen LogP contribution in [0.15, 0.2) is 48.6 Å². The number of unbranched alkanes of at least 4 members (excludes halogenated alkanes) is 45. The van der Waals surface area contributed by atoms with Gasteiger partial charge in [-0.3, -0.25) is 13.8 Å². The van der Waals surface area contributed by atoms with E-state index in [1.807, 2.05) is 27.2 Å². The zero-order chi connectivity index (χ0) is 57.7. The number of phosphoric ester groups is 1. The van der Waals surface area contributed by atoms with E-state index in [9.17, 15) is 19.4 Å². The Labute approximate surface area is 492 Å². The van der Waals surface area contributed by atoms with Crippen LogP contribution in [-0.4, -0.2) is 73.4 Å². The van der Waals surface area contributed by atoms with Gasteiger partial charge in [-0.05, 0) is 64.2 Å². The molecule has 3 atom stereocenters. The van der Waals surface area contributed by atoms with Crippen LogP contribution in [0.1, 0.15) is 341 Å². The number of hydrogen-bond donors (Lipinski definition) is 3. The minimum absolute atomic E-state index is 0.0568. The number of carbonyl (C=O) groups is 1. The first-order valence-corrected chi connectivity index (χ1v) is 36.0. The van der Waals surface area contributed by atoms with E-state index in [-0.39, 0.29) is 19.1 Å². The van der Waals surface area contributed by atoms with Crippen LogP contribution in [0, 0.1) is 0 Å². The van der Waals surface area contributed by atoms with Crippen molar-refractivity contribution in [1.29, 1.82) is 0 Å². The Bertz CT molecular complexity index is 1430. The van der Waals surface area contributed by atoms with E-state index in [1.165, 1.54) is 276 Å². The summed E-state index contributed by atoms with van der Waals surface area (Å²) < 4.78 is 23.8. The molecule has 0 aliphatic rings. The molecule has 0 radical (unpaired) electrons. The van der Waals surface area contributed by atoms with Crippen LogP contribution in [0.2, 0.25) is 0 Å². The van der Waals surface area contributed by atoms with Gasteiger partial charge in [0.2, 0.25) is 5.91 Å². The summed E-state index contributed by atoms with van der Waals surface area (Å²) >= 11 is 0. The SMILES string of the molecule is CCCCCCCCCCCCC/C=C\C/C=C\CCCCCCCCCCCCCCCCCCCC(=O)NC(COP(=O)(O)OCC[N+](C)(C)C)C(O)/C=C/CC/C=C/CCCCCCCCCCCCCCCCCC. The summed E-state index contributed by atoms with van der Waals surface area (Å²) in [5.74, 6) is -0.182. The number of aliphatic hydroxyl groups is 1. The van der Waals surface area contributed by atoms with Crippen LogP contribution in [0.3, 0.4) is 0 Å². The second-order valence-corrected chi connectivity index (χ2v) is 26.4. The maximum atomic E-state index is 13.0. The zero-order valence-corrected chi connectivity index (χ0v) is 54.3. The molecular weight excluding hydrogens is 996 g/mol. The van der Waals surface area contributed by atoms with Crippen LogP contribution in [0.25, 0.3) is 0 Å². The van der Waals surface area contributed by atoms with Gasteiger partial charge in [0.15, 0.2) is 0 Å². The molecule has 1 amide bonds. The fraction of sp³-hybridized carbons (Fsp3) is 0.871. The van der Waals surface area contributed by atoms with E-state index in [0.717, 1.165) is 44.9 Å². The van der Waals surface area contributed by atoms with Crippen molar-refractivity contribution in [2.45, 2.75) is 353 Å². The average molecular weight is 1130 g/mol. The van der Waals surface area contributed by atoms with Crippen molar-refractivity contribution < 1.29 is 32.9 Å². The molecule has 0 aromatic rings. The molecule has 9 heteroatoms. The lowest BCUT2D eigenvalue weighted by atomic mass is 10.0. The van der Waals surface area contributed by atoms with Crippen LogP contribution in [0.4, 0.5) is 0 Å². The van der Waals surface area contributed by atoms with Gasteiger partial charge in [0.1, 0.15) is 13.2 Å². The van der Waals surface area contributed by atoms with Crippen LogP contribution >= 0.6 is 7.82 Å². The van der Waals surface area contributed by atoms with E-state index < -0.39 is 20.0 Å². The average Bonchev–Trinajstić information content (AvgIpc) is 3.42. The predicted molar refractivity (Wildman–Crippen MR) is 346 cm³/mol. The van der Waals surface area contributed by atoms with Gasteiger partial charge in [0, 0.05) is 6.42 Å². The molecule has 0 aliphatic heterocycles. The van der Waals surface area contributed by atoms with Crippen molar-refractivity contribution in [3.63, 3.8) is 0 Å². The molecule has 3 N–H and O–H groups in total. The molecule has 0 spiro atoms. The van der Waals surface area contributed by atoms with Gasteiger partial charge in [0.05, 0.1) is 39.9 Å². The van der Waals surface area contributed by atoms with Gasteiger partial charge in [-0.2, -0.15) is 0 Å². The van der Waals surface area contributed by atoms with Crippen LogP contribution < -0.4 is 5.32 Å². The second kappa shape index (κ2) is 61.0. The minimum atomic E-state index is -4.36. The summed E-state index contributed by atoms with van der Waals surface area (Å²) in [7, 11) is 1.57. The fourth-order valence-corrected chi connectivity index (χ4v) is 11.1. The molecule has 3 unspecified atom stereocenters. The van der Waals surface area contributed by atoms with Crippen LogP contribution in [-0.2, 0) is 18.4 Å². The highest BCUT2D eigenvalue weighted by atomic mass is 31.2. The largest absolute Gasteiger partial charge is 0.472 e. The third-order valence-corrected chi connectivity index (χ3v) is 16.8. The molecule has 0 aromatic heterocycles. The maximum absolute atomic E-state index is 13.0. The topological polar surface area (TPSA) is 105 Å². The molecule has 79 heavy (non-hydrogen) atoms. The number of allylic oxidation sites excluding steroid dienone is 7. The number of quaternary nitrogens is 1. The number of carbonyl (C=O) groups excluding carboxylic acids is 1. The molecule has 0 fully saturated rings. The van der Waals surface area contributed by atoms with Crippen molar-refractivity contribution in [2.75, 3.05) is 40.9 Å². The van der Waals surface area contributed by atoms with Crippen molar-refractivity contribution in [3.05, 3.63) is 48.6 Å². The van der Waals surface area contributed by atoms with Gasteiger partial charge < -0.3 is 19.8 Å². The van der Waals surface area contributed by atoms with Gasteiger partial charge >= 0.3 is 7.82 Å². The van der Waals surface area contributed by atoms with E-state index in [0.29, 0.717) is 17.4 Å². The highest BCUT2D eigenvalue weighted by molar-refractivity contribution is 7.47. The Kier molecular flexibility index (Phi) is 59.8. The minimum Gasteiger partial charge on any atom is -0.387 e. The third-order valence-electron chi connectivity index (χ3n) is 15.8. The van der Waals surface area contributed by atoms with Crippen molar-refractivity contribution in [2.24, 2.45) is 0 Å². The molecule has 8 nitrogen and oxygen atoms in total. The fourth-order valence-electron chi connectivity index (χ4n) is 10.4. The van der Waals surface area contributed by atoms with Gasteiger partial charge in [-0.1, -0.05) is 319 Å². The number of amides is 1. The number of hydrogen-bond acceptors (Lipinski definition) is 5. The molecule has 0 rings (SSSR count). The first kappa shape index (κ1) is 77.5. The number of phosphoric acid groups is 1. The molecule has 0 saturated heterocycles. The van der Waals surface area contributed by atoms with E-state index in [4.69, 9.17) is 9.05 Å². The molecular formula is C70H136N2O6P+. The van der Waals surface area contributed by atoms with Crippen molar-refractivity contribution in [3.8, 4) is 0 Å². The quantitative estimate of drug-likeness (QED) is 0.0243. The molecule has 466 valence electrons. The number of aliphatic hydroxyl groups excluding tert-OH is 1. The highest BCUT2D eigenvalue weighted by Gasteiger charge is 2.28. The third kappa shape index (κ3) is 63.9. The van der Waals surface area contributed by atoms with E-state index in [2.05, 4.69) is 55.6 Å².